The van der Waals surface area contributed by atoms with E-state index >= 15 is 0 Å². The van der Waals surface area contributed by atoms with E-state index < -0.39 is 5.79 Å². The molecule has 0 heterocycles. The summed E-state index contributed by atoms with van der Waals surface area (Å²) >= 11 is 0. The second kappa shape index (κ2) is 6.16. The molecule has 0 fully saturated rings. The lowest BCUT2D eigenvalue weighted by molar-refractivity contribution is -0.224. The van der Waals surface area contributed by atoms with Crippen LogP contribution in [-0.2, 0) is 26.7 Å². The van der Waals surface area contributed by atoms with E-state index in [9.17, 15) is 4.79 Å². The fraction of sp³-hybridized carbons (Fsp3) is 0.188. The third-order valence-electron chi connectivity index (χ3n) is 2.93. The van der Waals surface area contributed by atoms with Crippen LogP contribution >= 0.6 is 0 Å². The highest BCUT2D eigenvalue weighted by Gasteiger charge is 2.29. The van der Waals surface area contributed by atoms with Crippen LogP contribution in [0.5, 0.6) is 0 Å². The van der Waals surface area contributed by atoms with Gasteiger partial charge < -0.3 is 9.47 Å². The average molecular weight is 256 g/mol. The fourth-order valence-corrected chi connectivity index (χ4v) is 1.81. The van der Waals surface area contributed by atoms with Crippen LogP contribution in [0.4, 0.5) is 0 Å². The maximum Gasteiger partial charge on any atom is 0.295 e. The fourth-order valence-electron chi connectivity index (χ4n) is 1.81. The van der Waals surface area contributed by atoms with Crippen LogP contribution in [0.25, 0.3) is 0 Å². The van der Waals surface area contributed by atoms with E-state index in [1.54, 1.807) is 6.92 Å². The molecular formula is C16H16O3. The quantitative estimate of drug-likeness (QED) is 0.588. The summed E-state index contributed by atoms with van der Waals surface area (Å²) in [5.74, 6) is -1.07. The average Bonchev–Trinajstić information content (AvgIpc) is 2.48. The Kier molecular flexibility index (Phi) is 4.31. The van der Waals surface area contributed by atoms with Gasteiger partial charge in [-0.1, -0.05) is 60.7 Å². The topological polar surface area (TPSA) is 35.5 Å². The number of hydrogen-bond donors (Lipinski definition) is 0. The van der Waals surface area contributed by atoms with Gasteiger partial charge in [-0.15, -0.1) is 0 Å². The van der Waals surface area contributed by atoms with Crippen LogP contribution in [0.1, 0.15) is 18.1 Å². The van der Waals surface area contributed by atoms with Gasteiger partial charge in [0.2, 0.25) is 5.79 Å². The van der Waals surface area contributed by atoms with Gasteiger partial charge in [0.25, 0.3) is 6.47 Å². The van der Waals surface area contributed by atoms with E-state index in [0.717, 1.165) is 11.1 Å². The molecule has 0 amide bonds. The van der Waals surface area contributed by atoms with Gasteiger partial charge in [0.1, 0.15) is 0 Å². The first kappa shape index (κ1) is 13.3. The van der Waals surface area contributed by atoms with E-state index in [1.165, 1.54) is 0 Å². The monoisotopic (exact) mass is 256 g/mol. The van der Waals surface area contributed by atoms with Crippen molar-refractivity contribution < 1.29 is 14.3 Å². The Morgan fingerprint density at radius 1 is 1.00 bits per heavy atom. The van der Waals surface area contributed by atoms with Crippen molar-refractivity contribution in [2.45, 2.75) is 19.3 Å². The number of carbonyl (C=O) groups is 1. The highest BCUT2D eigenvalue weighted by atomic mass is 16.7. The summed E-state index contributed by atoms with van der Waals surface area (Å²) in [4.78, 5) is 10.7. The van der Waals surface area contributed by atoms with E-state index in [2.05, 4.69) is 0 Å². The first-order valence-corrected chi connectivity index (χ1v) is 6.09. The van der Waals surface area contributed by atoms with E-state index in [1.807, 2.05) is 60.7 Å². The van der Waals surface area contributed by atoms with Gasteiger partial charge in [-0.3, -0.25) is 4.79 Å². The zero-order valence-corrected chi connectivity index (χ0v) is 10.8. The number of rotatable bonds is 6. The van der Waals surface area contributed by atoms with Gasteiger partial charge in [0.05, 0.1) is 6.61 Å². The number of hydrogen-bond acceptors (Lipinski definition) is 3. The third kappa shape index (κ3) is 3.42. The first-order valence-electron chi connectivity index (χ1n) is 6.09. The Hall–Kier alpha value is -2.13. The van der Waals surface area contributed by atoms with Crippen molar-refractivity contribution in [1.82, 2.24) is 0 Å². The Balaban J connectivity index is 2.14. The van der Waals surface area contributed by atoms with Crippen molar-refractivity contribution in [1.29, 1.82) is 0 Å². The highest BCUT2D eigenvalue weighted by molar-refractivity contribution is 5.39. The lowest BCUT2D eigenvalue weighted by atomic mass is 10.1. The molecule has 0 saturated carbocycles. The SMILES string of the molecule is CC(OC=O)(OCc1ccccc1)c1ccccc1. The van der Waals surface area contributed by atoms with E-state index in [0.29, 0.717) is 13.1 Å². The molecule has 0 aliphatic rings. The van der Waals surface area contributed by atoms with Crippen LogP contribution < -0.4 is 0 Å². The molecule has 0 radical (unpaired) electrons. The Bertz CT molecular complexity index is 510. The van der Waals surface area contributed by atoms with E-state index in [4.69, 9.17) is 9.47 Å². The standard InChI is InChI=1S/C16H16O3/c1-16(19-13-17,15-10-6-3-7-11-15)18-12-14-8-4-2-5-9-14/h2-11,13H,12H2,1H3. The molecule has 98 valence electrons. The Labute approximate surface area is 112 Å². The van der Waals surface area contributed by atoms with Gasteiger partial charge in [0.15, 0.2) is 0 Å². The van der Waals surface area contributed by atoms with Gasteiger partial charge >= 0.3 is 0 Å². The molecule has 0 aromatic heterocycles. The lowest BCUT2D eigenvalue weighted by Crippen LogP contribution is -2.29. The molecule has 3 heteroatoms. The molecule has 0 saturated heterocycles. The second-order valence-electron chi connectivity index (χ2n) is 4.30. The molecule has 2 aromatic carbocycles. The van der Waals surface area contributed by atoms with Gasteiger partial charge in [-0.2, -0.15) is 0 Å². The van der Waals surface area contributed by atoms with E-state index in [-0.39, 0.29) is 0 Å². The van der Waals surface area contributed by atoms with Crippen molar-refractivity contribution in [3.8, 4) is 0 Å². The molecule has 0 spiro atoms. The maximum absolute atomic E-state index is 10.7. The van der Waals surface area contributed by atoms with Crippen LogP contribution in [0.3, 0.4) is 0 Å². The third-order valence-corrected chi connectivity index (χ3v) is 2.93. The van der Waals surface area contributed by atoms with Crippen molar-refractivity contribution in [2.24, 2.45) is 0 Å². The molecule has 0 aliphatic carbocycles. The molecule has 1 unspecified atom stereocenters. The minimum atomic E-state index is -1.07. The predicted molar refractivity (Wildman–Crippen MR) is 72.2 cm³/mol. The van der Waals surface area contributed by atoms with Crippen LogP contribution in [-0.4, -0.2) is 6.47 Å². The molecule has 3 nitrogen and oxygen atoms in total. The van der Waals surface area contributed by atoms with Crippen LogP contribution in [0.15, 0.2) is 60.7 Å². The molecule has 2 rings (SSSR count). The summed E-state index contributed by atoms with van der Waals surface area (Å²) in [5, 5.41) is 0. The van der Waals surface area contributed by atoms with Gasteiger partial charge in [-0.25, -0.2) is 0 Å². The number of ether oxygens (including phenoxy) is 2. The lowest BCUT2D eigenvalue weighted by Gasteiger charge is -2.28. The summed E-state index contributed by atoms with van der Waals surface area (Å²) in [6, 6.07) is 19.2. The zero-order valence-electron chi connectivity index (χ0n) is 10.8. The number of carbonyl (C=O) groups excluding carboxylic acids is 1. The summed E-state index contributed by atoms with van der Waals surface area (Å²) < 4.78 is 10.9. The molecule has 0 aliphatic heterocycles. The molecule has 19 heavy (non-hydrogen) atoms. The first-order chi connectivity index (χ1) is 9.24. The summed E-state index contributed by atoms with van der Waals surface area (Å²) in [6.07, 6.45) is 0. The molecular weight excluding hydrogens is 240 g/mol. The normalized spacial score (nSPS) is 13.5. The summed E-state index contributed by atoms with van der Waals surface area (Å²) in [6.45, 7) is 2.53. The van der Waals surface area contributed by atoms with Crippen LogP contribution in [0.2, 0.25) is 0 Å². The highest BCUT2D eigenvalue weighted by Crippen LogP contribution is 2.27. The van der Waals surface area contributed by atoms with Crippen molar-refractivity contribution in [2.75, 3.05) is 0 Å². The smallest absolute Gasteiger partial charge is 0.295 e. The minimum Gasteiger partial charge on any atom is -0.431 e. The molecule has 1 atom stereocenters. The van der Waals surface area contributed by atoms with Crippen molar-refractivity contribution in [3.05, 3.63) is 71.8 Å². The molecule has 2 aromatic rings. The number of benzene rings is 2. The second-order valence-corrected chi connectivity index (χ2v) is 4.30. The Morgan fingerprint density at radius 3 is 2.16 bits per heavy atom. The van der Waals surface area contributed by atoms with Crippen molar-refractivity contribution >= 4 is 6.47 Å². The molecule has 0 N–H and O–H groups in total. The summed E-state index contributed by atoms with van der Waals surface area (Å²) in [5.41, 5.74) is 1.83. The maximum atomic E-state index is 10.7. The summed E-state index contributed by atoms with van der Waals surface area (Å²) in [7, 11) is 0. The molecule has 0 bridgehead atoms. The van der Waals surface area contributed by atoms with Gasteiger partial charge in [-0.05, 0) is 5.56 Å². The Morgan fingerprint density at radius 2 is 1.58 bits per heavy atom. The predicted octanol–water partition coefficient (Wildman–Crippen LogP) is 3.25. The van der Waals surface area contributed by atoms with Crippen LogP contribution in [0, 0.1) is 0 Å². The largest absolute Gasteiger partial charge is 0.431 e. The van der Waals surface area contributed by atoms with Crippen molar-refractivity contribution in [3.63, 3.8) is 0 Å². The minimum absolute atomic E-state index is 0.375. The van der Waals surface area contributed by atoms with Gasteiger partial charge in [0, 0.05) is 12.5 Å². The zero-order chi connectivity index (χ0) is 13.6.